The molecule has 1 aliphatic rings. The van der Waals surface area contributed by atoms with E-state index in [4.69, 9.17) is 0 Å². The molecule has 2 rings (SSSR count). The average Bonchev–Trinajstić information content (AvgIpc) is 2.27. The van der Waals surface area contributed by atoms with E-state index in [0.717, 1.165) is 24.9 Å². The lowest BCUT2D eigenvalue weighted by Crippen LogP contribution is -2.39. The number of rotatable bonds is 3. The van der Waals surface area contributed by atoms with Gasteiger partial charge in [0.25, 0.3) is 6.47 Å². The second kappa shape index (κ2) is 7.04. The van der Waals surface area contributed by atoms with Crippen LogP contribution in [-0.4, -0.2) is 31.4 Å². The van der Waals surface area contributed by atoms with Crippen LogP contribution in [0.25, 0.3) is 0 Å². The molecule has 1 aromatic carbocycles. The van der Waals surface area contributed by atoms with Gasteiger partial charge in [0, 0.05) is 24.6 Å². The first kappa shape index (κ1) is 15.4. The predicted molar refractivity (Wildman–Crippen MR) is 74.3 cm³/mol. The van der Waals surface area contributed by atoms with Crippen LogP contribution in [0, 0.1) is 0 Å². The lowest BCUT2D eigenvalue weighted by molar-refractivity contribution is -0.138. The van der Waals surface area contributed by atoms with Gasteiger partial charge in [-0.2, -0.15) is 0 Å². The second-order valence-corrected chi connectivity index (χ2v) is 5.47. The van der Waals surface area contributed by atoms with E-state index in [9.17, 15) is 9.59 Å². The Bertz CT molecular complexity index is 402. The molecule has 1 N–H and O–H groups in total. The van der Waals surface area contributed by atoms with Crippen molar-refractivity contribution in [1.29, 1.82) is 0 Å². The molecule has 104 valence electrons. The number of nitrogens with one attached hydrogen (secondary N) is 1. The molecule has 0 aliphatic carbocycles. The maximum absolute atomic E-state index is 10.4. The van der Waals surface area contributed by atoms with Gasteiger partial charge in [-0.3, -0.25) is 9.59 Å². The summed E-state index contributed by atoms with van der Waals surface area (Å²) in [5.74, 6) is 0.658. The third-order valence-electron chi connectivity index (χ3n) is 2.73. The van der Waals surface area contributed by atoms with Gasteiger partial charge in [0.05, 0.1) is 0 Å². The van der Waals surface area contributed by atoms with Crippen molar-refractivity contribution < 1.29 is 14.3 Å². The fourth-order valence-corrected chi connectivity index (χ4v) is 1.52. The number of carbonyl (C=O) groups excluding carboxylic acids is 2. The maximum Gasteiger partial charge on any atom is 0.293 e. The number of hydrogen-bond acceptors (Lipinski definition) is 4. The zero-order chi connectivity index (χ0) is 14.3. The van der Waals surface area contributed by atoms with Gasteiger partial charge in [0.15, 0.2) is 0 Å². The zero-order valence-electron chi connectivity index (χ0n) is 11.7. The molecule has 4 nitrogen and oxygen atoms in total. The molecular formula is C15H21NO3. The number of ether oxygens (including phenoxy) is 1. The molecule has 1 aliphatic heterocycles. The highest BCUT2D eigenvalue weighted by molar-refractivity contribution is 5.74. The molecule has 1 aromatic rings. The summed E-state index contributed by atoms with van der Waals surface area (Å²) in [6, 6.07) is 7.83. The molecule has 0 atom stereocenters. The van der Waals surface area contributed by atoms with E-state index in [1.165, 1.54) is 5.56 Å². The Labute approximate surface area is 114 Å². The molecule has 0 amide bonds. The normalized spacial score (nSPS) is 14.7. The van der Waals surface area contributed by atoms with Gasteiger partial charge >= 0.3 is 0 Å². The van der Waals surface area contributed by atoms with Gasteiger partial charge in [0.1, 0.15) is 11.9 Å². The molecule has 0 bridgehead atoms. The van der Waals surface area contributed by atoms with E-state index < -0.39 is 0 Å². The molecule has 0 aromatic heterocycles. The van der Waals surface area contributed by atoms with Gasteiger partial charge in [-0.25, -0.2) is 0 Å². The van der Waals surface area contributed by atoms with Crippen LogP contribution >= 0.6 is 0 Å². The standard InChI is InChI=1S/C10H11NO.C5H10O2/c12-7-8-1-3-9(4-2-8)10-5-11-6-10;1-5(2,3)7-4-6/h1-4,7,10-11H,5-6H2;4H,1-3H3. The van der Waals surface area contributed by atoms with Gasteiger partial charge in [0.2, 0.25) is 0 Å². The van der Waals surface area contributed by atoms with Gasteiger partial charge in [-0.15, -0.1) is 0 Å². The first-order chi connectivity index (χ1) is 8.96. The smallest absolute Gasteiger partial charge is 0.293 e. The molecule has 0 saturated carbocycles. The summed E-state index contributed by atoms with van der Waals surface area (Å²) in [5.41, 5.74) is 1.77. The Hall–Kier alpha value is -1.68. The van der Waals surface area contributed by atoms with Gasteiger partial charge < -0.3 is 10.1 Å². The van der Waals surface area contributed by atoms with Crippen LogP contribution in [0.15, 0.2) is 24.3 Å². The quantitative estimate of drug-likeness (QED) is 0.849. The fraction of sp³-hybridized carbons (Fsp3) is 0.467. The van der Waals surface area contributed by atoms with Crippen LogP contribution in [0.4, 0.5) is 0 Å². The van der Waals surface area contributed by atoms with E-state index in [1.54, 1.807) is 0 Å². The molecular weight excluding hydrogens is 242 g/mol. The zero-order valence-corrected chi connectivity index (χ0v) is 11.7. The number of carbonyl (C=O) groups is 2. The van der Waals surface area contributed by atoms with E-state index in [-0.39, 0.29) is 5.60 Å². The van der Waals surface area contributed by atoms with Crippen molar-refractivity contribution in [3.8, 4) is 0 Å². The summed E-state index contributed by atoms with van der Waals surface area (Å²) >= 11 is 0. The summed E-state index contributed by atoms with van der Waals surface area (Å²) < 4.78 is 4.55. The monoisotopic (exact) mass is 263 g/mol. The minimum atomic E-state index is -0.318. The molecule has 0 spiro atoms. The Morgan fingerprint density at radius 2 is 1.74 bits per heavy atom. The lowest BCUT2D eigenvalue weighted by Gasteiger charge is -2.27. The van der Waals surface area contributed by atoms with Crippen LogP contribution in [0.2, 0.25) is 0 Å². The Morgan fingerprint density at radius 3 is 2.00 bits per heavy atom. The van der Waals surface area contributed by atoms with Crippen molar-refractivity contribution >= 4 is 12.8 Å². The first-order valence-corrected chi connectivity index (χ1v) is 6.33. The third kappa shape index (κ3) is 5.66. The minimum Gasteiger partial charge on any atom is -0.462 e. The second-order valence-electron chi connectivity index (χ2n) is 5.47. The molecule has 19 heavy (non-hydrogen) atoms. The SMILES string of the molecule is CC(C)(C)OC=O.O=Cc1ccc(C2CNC2)cc1. The van der Waals surface area contributed by atoms with Crippen molar-refractivity contribution in [2.45, 2.75) is 32.3 Å². The van der Waals surface area contributed by atoms with Crippen LogP contribution < -0.4 is 5.32 Å². The topological polar surface area (TPSA) is 55.4 Å². The lowest BCUT2D eigenvalue weighted by atomic mass is 9.93. The summed E-state index contributed by atoms with van der Waals surface area (Å²) in [6.07, 6.45) is 0.878. The summed E-state index contributed by atoms with van der Waals surface area (Å²) in [6.45, 7) is 8.06. The highest BCUT2D eigenvalue weighted by Crippen LogP contribution is 2.19. The van der Waals surface area contributed by atoms with Crippen molar-refractivity contribution in [3.05, 3.63) is 35.4 Å². The maximum atomic E-state index is 10.4. The highest BCUT2D eigenvalue weighted by atomic mass is 16.5. The van der Waals surface area contributed by atoms with Gasteiger partial charge in [-0.1, -0.05) is 24.3 Å². The van der Waals surface area contributed by atoms with Gasteiger partial charge in [-0.05, 0) is 26.3 Å². The van der Waals surface area contributed by atoms with E-state index >= 15 is 0 Å². The molecule has 1 saturated heterocycles. The van der Waals surface area contributed by atoms with E-state index in [2.05, 4.69) is 10.1 Å². The Balaban J connectivity index is 0.000000224. The van der Waals surface area contributed by atoms with Crippen molar-refractivity contribution in [2.75, 3.05) is 13.1 Å². The number of hydrogen-bond donors (Lipinski definition) is 1. The average molecular weight is 263 g/mol. The Kier molecular flexibility index (Phi) is 5.70. The van der Waals surface area contributed by atoms with Crippen molar-refractivity contribution in [1.82, 2.24) is 5.32 Å². The van der Waals surface area contributed by atoms with Crippen LogP contribution in [0.3, 0.4) is 0 Å². The summed E-state index contributed by atoms with van der Waals surface area (Å²) in [7, 11) is 0. The highest BCUT2D eigenvalue weighted by Gasteiger charge is 2.17. The van der Waals surface area contributed by atoms with Crippen molar-refractivity contribution in [2.24, 2.45) is 0 Å². The van der Waals surface area contributed by atoms with Crippen LogP contribution in [0.1, 0.15) is 42.6 Å². The molecule has 1 fully saturated rings. The fourth-order valence-electron chi connectivity index (χ4n) is 1.52. The molecule has 0 unspecified atom stereocenters. The predicted octanol–water partition coefficient (Wildman–Crippen LogP) is 2.14. The Morgan fingerprint density at radius 1 is 1.16 bits per heavy atom. The summed E-state index contributed by atoms with van der Waals surface area (Å²) in [4.78, 5) is 20.0. The number of aldehydes is 1. The number of benzene rings is 1. The molecule has 0 radical (unpaired) electrons. The van der Waals surface area contributed by atoms with Crippen LogP contribution in [0.5, 0.6) is 0 Å². The first-order valence-electron chi connectivity index (χ1n) is 6.33. The summed E-state index contributed by atoms with van der Waals surface area (Å²) in [5, 5.41) is 3.22. The molecule has 1 heterocycles. The van der Waals surface area contributed by atoms with E-state index in [1.807, 2.05) is 45.0 Å². The largest absolute Gasteiger partial charge is 0.462 e. The van der Waals surface area contributed by atoms with Crippen molar-refractivity contribution in [3.63, 3.8) is 0 Å². The molecule has 4 heteroatoms. The van der Waals surface area contributed by atoms with E-state index in [0.29, 0.717) is 12.4 Å². The third-order valence-corrected chi connectivity index (χ3v) is 2.73. The minimum absolute atomic E-state index is 0.318. The van der Waals surface area contributed by atoms with Crippen LogP contribution in [-0.2, 0) is 9.53 Å².